The number of pyridine rings is 1. The van der Waals surface area contributed by atoms with E-state index in [9.17, 15) is 9.59 Å². The van der Waals surface area contributed by atoms with Crippen molar-refractivity contribution in [3.05, 3.63) is 69.5 Å². The van der Waals surface area contributed by atoms with Gasteiger partial charge in [0.2, 0.25) is 5.91 Å². The third kappa shape index (κ3) is 3.83. The molecule has 1 amide bonds. The quantitative estimate of drug-likeness (QED) is 0.691. The van der Waals surface area contributed by atoms with Crippen molar-refractivity contribution in [1.82, 2.24) is 19.9 Å². The number of aromatic amines is 1. The molecule has 0 saturated carbocycles. The molecule has 0 fully saturated rings. The van der Waals surface area contributed by atoms with Crippen LogP contribution in [-0.4, -0.2) is 20.4 Å². The Kier molecular flexibility index (Phi) is 5.04. The molecule has 2 N–H and O–H groups in total. The molecule has 1 unspecified atom stereocenters. The molecule has 128 valence electrons. The Morgan fingerprint density at radius 1 is 1.32 bits per heavy atom. The molecular weight excluding hydrogens is 336 g/mol. The number of nitrogens with one attached hydrogen (secondary N) is 2. The summed E-state index contributed by atoms with van der Waals surface area (Å²) in [4.78, 5) is 31.8. The van der Waals surface area contributed by atoms with Gasteiger partial charge in [-0.2, -0.15) is 0 Å². The number of nitrogens with zero attached hydrogens (tertiary/aromatic N) is 2. The summed E-state index contributed by atoms with van der Waals surface area (Å²) < 4.78 is 1.74. The monoisotopic (exact) mass is 354 g/mol. The van der Waals surface area contributed by atoms with E-state index in [0.717, 1.165) is 5.56 Å². The number of fused-ring (bicyclic) bond motifs is 1. The summed E-state index contributed by atoms with van der Waals surface area (Å²) in [6, 6.07) is 10.8. The zero-order valence-corrected chi connectivity index (χ0v) is 14.5. The van der Waals surface area contributed by atoms with Crippen LogP contribution in [0, 0.1) is 4.77 Å². The van der Waals surface area contributed by atoms with Crippen LogP contribution < -0.4 is 10.9 Å². The van der Waals surface area contributed by atoms with Gasteiger partial charge in [-0.25, -0.2) is 0 Å². The van der Waals surface area contributed by atoms with Crippen LogP contribution in [0.25, 0.3) is 10.9 Å². The van der Waals surface area contributed by atoms with E-state index in [1.54, 1.807) is 30.6 Å². The van der Waals surface area contributed by atoms with E-state index in [0.29, 0.717) is 15.7 Å². The zero-order valence-electron chi connectivity index (χ0n) is 13.7. The lowest BCUT2D eigenvalue weighted by molar-refractivity contribution is -0.122. The standard InChI is InChI=1S/C18H18N4O2S/c1-12(13-5-4-9-19-11-13)20-16(23)8-10-22-17(24)14-6-2-3-7-15(14)21-18(22)25/h2-7,9,11-12H,8,10H2,1H3,(H,20,23)(H,21,25). The van der Waals surface area contributed by atoms with Crippen molar-refractivity contribution >= 4 is 29.0 Å². The molecule has 25 heavy (non-hydrogen) atoms. The molecular formula is C18H18N4O2S. The highest BCUT2D eigenvalue weighted by molar-refractivity contribution is 7.71. The summed E-state index contributed by atoms with van der Waals surface area (Å²) in [5.41, 5.74) is 1.44. The molecule has 6 nitrogen and oxygen atoms in total. The third-order valence-electron chi connectivity index (χ3n) is 4.01. The number of hydrogen-bond donors (Lipinski definition) is 2. The van der Waals surface area contributed by atoms with Gasteiger partial charge in [-0.1, -0.05) is 18.2 Å². The number of rotatable bonds is 5. The summed E-state index contributed by atoms with van der Waals surface area (Å²) in [6.07, 6.45) is 3.57. The number of para-hydroxylation sites is 1. The number of amides is 1. The number of H-pyrrole nitrogens is 1. The van der Waals surface area contributed by atoms with Gasteiger partial charge in [0.1, 0.15) is 0 Å². The average Bonchev–Trinajstić information content (AvgIpc) is 2.62. The molecule has 0 spiro atoms. The van der Waals surface area contributed by atoms with Gasteiger partial charge in [-0.3, -0.25) is 19.1 Å². The Labute approximate surface area is 149 Å². The molecule has 2 aromatic heterocycles. The van der Waals surface area contributed by atoms with Crippen molar-refractivity contribution in [2.24, 2.45) is 0 Å². The summed E-state index contributed by atoms with van der Waals surface area (Å²) in [5, 5.41) is 3.46. The lowest BCUT2D eigenvalue weighted by Crippen LogP contribution is -2.30. The lowest BCUT2D eigenvalue weighted by atomic mass is 10.1. The van der Waals surface area contributed by atoms with Crippen molar-refractivity contribution in [2.45, 2.75) is 25.9 Å². The van der Waals surface area contributed by atoms with Crippen molar-refractivity contribution < 1.29 is 4.79 Å². The number of benzene rings is 1. The first-order chi connectivity index (χ1) is 12.1. The minimum Gasteiger partial charge on any atom is -0.349 e. The van der Waals surface area contributed by atoms with Gasteiger partial charge in [0.15, 0.2) is 4.77 Å². The predicted molar refractivity (Wildman–Crippen MR) is 98.8 cm³/mol. The molecule has 1 aromatic carbocycles. The second-order valence-electron chi connectivity index (χ2n) is 5.76. The Bertz CT molecular complexity index is 1010. The maximum atomic E-state index is 12.5. The van der Waals surface area contributed by atoms with E-state index in [1.165, 1.54) is 4.57 Å². The van der Waals surface area contributed by atoms with Crippen molar-refractivity contribution in [1.29, 1.82) is 0 Å². The highest BCUT2D eigenvalue weighted by Gasteiger charge is 2.11. The summed E-state index contributed by atoms with van der Waals surface area (Å²) in [5.74, 6) is -0.147. The van der Waals surface area contributed by atoms with E-state index >= 15 is 0 Å². The van der Waals surface area contributed by atoms with Gasteiger partial charge < -0.3 is 10.3 Å². The van der Waals surface area contributed by atoms with Crippen LogP contribution in [0.4, 0.5) is 0 Å². The fourth-order valence-corrected chi connectivity index (χ4v) is 2.93. The van der Waals surface area contributed by atoms with Crippen LogP contribution in [0.1, 0.15) is 24.9 Å². The summed E-state index contributed by atoms with van der Waals surface area (Å²) in [6.45, 7) is 2.12. The Morgan fingerprint density at radius 2 is 2.12 bits per heavy atom. The summed E-state index contributed by atoms with van der Waals surface area (Å²) >= 11 is 5.25. The van der Waals surface area contributed by atoms with E-state index in [1.807, 2.05) is 25.1 Å². The third-order valence-corrected chi connectivity index (χ3v) is 4.34. The number of aromatic nitrogens is 3. The lowest BCUT2D eigenvalue weighted by Gasteiger charge is -2.14. The molecule has 0 aliphatic carbocycles. The maximum Gasteiger partial charge on any atom is 0.262 e. The van der Waals surface area contributed by atoms with Crippen LogP contribution in [0.15, 0.2) is 53.6 Å². The van der Waals surface area contributed by atoms with Gasteiger partial charge in [-0.05, 0) is 42.9 Å². The predicted octanol–water partition coefficient (Wildman–Crippen LogP) is 2.72. The first-order valence-electron chi connectivity index (χ1n) is 7.97. The van der Waals surface area contributed by atoms with Gasteiger partial charge in [-0.15, -0.1) is 0 Å². The van der Waals surface area contributed by atoms with Gasteiger partial charge in [0.05, 0.1) is 16.9 Å². The molecule has 1 atom stereocenters. The smallest absolute Gasteiger partial charge is 0.262 e. The number of carbonyl (C=O) groups excluding carboxylic acids is 1. The molecule has 2 heterocycles. The molecule has 0 saturated heterocycles. The van der Waals surface area contributed by atoms with Crippen LogP contribution >= 0.6 is 12.2 Å². The molecule has 3 rings (SSSR count). The molecule has 0 radical (unpaired) electrons. The average molecular weight is 354 g/mol. The van der Waals surface area contributed by atoms with Crippen LogP contribution in [0.2, 0.25) is 0 Å². The first kappa shape index (κ1) is 17.0. The van der Waals surface area contributed by atoms with Gasteiger partial charge in [0, 0.05) is 25.4 Å². The topological polar surface area (TPSA) is 79.8 Å². The highest BCUT2D eigenvalue weighted by atomic mass is 32.1. The summed E-state index contributed by atoms with van der Waals surface area (Å²) in [7, 11) is 0. The molecule has 0 aliphatic rings. The normalized spacial score (nSPS) is 12.0. The maximum absolute atomic E-state index is 12.5. The SMILES string of the molecule is CC(NC(=O)CCn1c(=S)[nH]c2ccccc2c1=O)c1cccnc1. The molecule has 3 aromatic rings. The van der Waals surface area contributed by atoms with Crippen molar-refractivity contribution in [3.8, 4) is 0 Å². The Hall–Kier alpha value is -2.80. The van der Waals surface area contributed by atoms with E-state index in [-0.39, 0.29) is 30.5 Å². The minimum atomic E-state index is -0.188. The first-order valence-corrected chi connectivity index (χ1v) is 8.38. The van der Waals surface area contributed by atoms with E-state index in [2.05, 4.69) is 15.3 Å². The fraction of sp³-hybridized carbons (Fsp3) is 0.222. The molecule has 0 bridgehead atoms. The second-order valence-corrected chi connectivity index (χ2v) is 6.14. The van der Waals surface area contributed by atoms with Crippen molar-refractivity contribution in [3.63, 3.8) is 0 Å². The highest BCUT2D eigenvalue weighted by Crippen LogP contribution is 2.10. The van der Waals surface area contributed by atoms with E-state index in [4.69, 9.17) is 12.2 Å². The van der Waals surface area contributed by atoms with Crippen molar-refractivity contribution in [2.75, 3.05) is 0 Å². The van der Waals surface area contributed by atoms with Gasteiger partial charge in [0.25, 0.3) is 5.56 Å². The largest absolute Gasteiger partial charge is 0.349 e. The second kappa shape index (κ2) is 7.40. The van der Waals surface area contributed by atoms with Crippen LogP contribution in [-0.2, 0) is 11.3 Å². The number of carbonyl (C=O) groups is 1. The number of hydrogen-bond acceptors (Lipinski definition) is 4. The van der Waals surface area contributed by atoms with Crippen LogP contribution in [0.3, 0.4) is 0 Å². The molecule has 0 aliphatic heterocycles. The fourth-order valence-electron chi connectivity index (χ4n) is 2.64. The minimum absolute atomic E-state index is 0.147. The van der Waals surface area contributed by atoms with Gasteiger partial charge >= 0.3 is 0 Å². The Balaban J connectivity index is 1.71. The van der Waals surface area contributed by atoms with E-state index < -0.39 is 0 Å². The molecule has 7 heteroatoms. The van der Waals surface area contributed by atoms with Crippen LogP contribution in [0.5, 0.6) is 0 Å². The zero-order chi connectivity index (χ0) is 17.8. The Morgan fingerprint density at radius 3 is 2.88 bits per heavy atom.